The molecule has 27 heavy (non-hydrogen) atoms. The first kappa shape index (κ1) is 17.0. The van der Waals surface area contributed by atoms with E-state index in [0.29, 0.717) is 11.6 Å². The molecule has 4 heterocycles. The monoisotopic (exact) mass is 380 g/mol. The minimum atomic E-state index is -0.680. The molecule has 4 aromatic heterocycles. The molecule has 1 N–H and O–H groups in total. The van der Waals surface area contributed by atoms with Crippen molar-refractivity contribution in [2.75, 3.05) is 5.32 Å². The highest BCUT2D eigenvalue weighted by Crippen LogP contribution is 2.36. The lowest BCUT2D eigenvalue weighted by Gasteiger charge is -2.06. The molecule has 1 amide bonds. The molecule has 0 aliphatic rings. The highest BCUT2D eigenvalue weighted by molar-refractivity contribution is 7.15. The van der Waals surface area contributed by atoms with Crippen molar-refractivity contribution in [1.29, 1.82) is 0 Å². The van der Waals surface area contributed by atoms with Crippen LogP contribution in [0.4, 0.5) is 10.2 Å². The van der Waals surface area contributed by atoms with Crippen molar-refractivity contribution in [2.24, 2.45) is 0 Å². The van der Waals surface area contributed by atoms with Gasteiger partial charge in [-0.1, -0.05) is 5.16 Å². The van der Waals surface area contributed by atoms with Crippen LogP contribution < -0.4 is 5.32 Å². The van der Waals surface area contributed by atoms with Crippen molar-refractivity contribution >= 4 is 23.1 Å². The van der Waals surface area contributed by atoms with Crippen molar-refractivity contribution in [3.8, 4) is 21.8 Å². The standard InChI is InChI=1S/C19H13FN4O2S/c1-11-14(8-17(27-11)16-5-7-23-26-16)12-2-3-18(22-9-12)24-19(25)13-4-6-21-10-15(13)20/h2-10H,1H3,(H,22,24,25). The molecule has 134 valence electrons. The number of hydrogen-bond donors (Lipinski definition) is 1. The van der Waals surface area contributed by atoms with Crippen molar-refractivity contribution in [3.05, 3.63) is 71.4 Å². The van der Waals surface area contributed by atoms with Crippen LogP contribution in [0.25, 0.3) is 21.8 Å². The van der Waals surface area contributed by atoms with E-state index in [1.54, 1.807) is 29.8 Å². The van der Waals surface area contributed by atoms with Gasteiger partial charge in [0.05, 0.1) is 22.8 Å². The van der Waals surface area contributed by atoms with Gasteiger partial charge in [-0.15, -0.1) is 11.3 Å². The van der Waals surface area contributed by atoms with Crippen LogP contribution in [0.2, 0.25) is 0 Å². The van der Waals surface area contributed by atoms with Crippen LogP contribution in [-0.2, 0) is 0 Å². The molecule has 8 heteroatoms. The van der Waals surface area contributed by atoms with Gasteiger partial charge >= 0.3 is 0 Å². The van der Waals surface area contributed by atoms with Crippen LogP contribution in [0.5, 0.6) is 0 Å². The Morgan fingerprint density at radius 1 is 1.19 bits per heavy atom. The van der Waals surface area contributed by atoms with E-state index in [2.05, 4.69) is 20.4 Å². The highest BCUT2D eigenvalue weighted by atomic mass is 32.1. The van der Waals surface area contributed by atoms with Gasteiger partial charge in [0.2, 0.25) is 0 Å². The Hall–Kier alpha value is -3.39. The number of halogens is 1. The van der Waals surface area contributed by atoms with Gasteiger partial charge in [-0.2, -0.15) is 0 Å². The first-order valence-electron chi connectivity index (χ1n) is 8.00. The predicted octanol–water partition coefficient (Wildman–Crippen LogP) is 4.56. The van der Waals surface area contributed by atoms with Gasteiger partial charge in [0, 0.05) is 28.9 Å². The number of anilines is 1. The first-order valence-corrected chi connectivity index (χ1v) is 8.82. The van der Waals surface area contributed by atoms with E-state index in [1.807, 2.05) is 25.1 Å². The molecule has 0 radical (unpaired) electrons. The fraction of sp³-hybridized carbons (Fsp3) is 0.0526. The Kier molecular flexibility index (Phi) is 4.47. The number of carbonyl (C=O) groups is 1. The largest absolute Gasteiger partial charge is 0.355 e. The zero-order valence-electron chi connectivity index (χ0n) is 14.1. The number of thiophene rings is 1. The summed E-state index contributed by atoms with van der Waals surface area (Å²) >= 11 is 1.60. The fourth-order valence-electron chi connectivity index (χ4n) is 2.60. The normalized spacial score (nSPS) is 10.7. The molecular formula is C19H13FN4O2S. The molecule has 0 aromatic carbocycles. The summed E-state index contributed by atoms with van der Waals surface area (Å²) in [7, 11) is 0. The van der Waals surface area contributed by atoms with E-state index in [9.17, 15) is 9.18 Å². The second-order valence-corrected chi connectivity index (χ2v) is 6.96. The quantitative estimate of drug-likeness (QED) is 0.561. The summed E-state index contributed by atoms with van der Waals surface area (Å²) in [5, 5.41) is 6.31. The molecule has 0 saturated carbocycles. The number of nitrogens with zero attached hydrogens (tertiary/aromatic N) is 3. The molecule has 0 aliphatic heterocycles. The van der Waals surface area contributed by atoms with Gasteiger partial charge in [-0.3, -0.25) is 9.78 Å². The molecular weight excluding hydrogens is 367 g/mol. The van der Waals surface area contributed by atoms with E-state index >= 15 is 0 Å². The van der Waals surface area contributed by atoms with Gasteiger partial charge < -0.3 is 9.84 Å². The summed E-state index contributed by atoms with van der Waals surface area (Å²) in [4.78, 5) is 22.1. The van der Waals surface area contributed by atoms with Crippen LogP contribution in [-0.4, -0.2) is 21.0 Å². The van der Waals surface area contributed by atoms with E-state index < -0.39 is 11.7 Å². The van der Waals surface area contributed by atoms with Crippen LogP contribution in [0, 0.1) is 12.7 Å². The average molecular weight is 380 g/mol. The number of hydrogen-bond acceptors (Lipinski definition) is 6. The van der Waals surface area contributed by atoms with Crippen molar-refractivity contribution < 1.29 is 13.7 Å². The van der Waals surface area contributed by atoms with E-state index in [-0.39, 0.29) is 5.56 Å². The third-order valence-electron chi connectivity index (χ3n) is 3.93. The molecule has 4 rings (SSSR count). The zero-order chi connectivity index (χ0) is 18.8. The lowest BCUT2D eigenvalue weighted by molar-refractivity contribution is 0.102. The summed E-state index contributed by atoms with van der Waals surface area (Å²) in [5.41, 5.74) is 1.85. The second kappa shape index (κ2) is 7.08. The van der Waals surface area contributed by atoms with Crippen LogP contribution in [0.3, 0.4) is 0 Å². The lowest BCUT2D eigenvalue weighted by Crippen LogP contribution is -2.14. The Labute approximate surface area is 157 Å². The number of amides is 1. The molecule has 0 bridgehead atoms. The molecule has 6 nitrogen and oxygen atoms in total. The van der Waals surface area contributed by atoms with Crippen molar-refractivity contribution in [2.45, 2.75) is 6.92 Å². The van der Waals surface area contributed by atoms with Crippen LogP contribution in [0.1, 0.15) is 15.2 Å². The maximum atomic E-state index is 13.6. The smallest absolute Gasteiger partial charge is 0.259 e. The predicted molar refractivity (Wildman–Crippen MR) is 99.9 cm³/mol. The number of pyridine rings is 2. The molecule has 0 fully saturated rings. The van der Waals surface area contributed by atoms with Crippen LogP contribution >= 0.6 is 11.3 Å². The third-order valence-corrected chi connectivity index (χ3v) is 5.00. The third kappa shape index (κ3) is 3.47. The Bertz CT molecular complexity index is 1090. The second-order valence-electron chi connectivity index (χ2n) is 5.70. The molecule has 0 atom stereocenters. The molecule has 4 aromatic rings. The minimum absolute atomic E-state index is 0.0822. The number of aryl methyl sites for hydroxylation is 1. The van der Waals surface area contributed by atoms with Gasteiger partial charge in [-0.05, 0) is 36.8 Å². The van der Waals surface area contributed by atoms with Gasteiger partial charge in [0.25, 0.3) is 5.91 Å². The number of carbonyl (C=O) groups excluding carboxylic acids is 1. The fourth-order valence-corrected chi connectivity index (χ4v) is 3.60. The molecule has 0 aliphatic carbocycles. The Morgan fingerprint density at radius 2 is 2.07 bits per heavy atom. The number of rotatable bonds is 4. The maximum absolute atomic E-state index is 13.6. The van der Waals surface area contributed by atoms with E-state index in [4.69, 9.17) is 4.52 Å². The Balaban J connectivity index is 1.55. The summed E-state index contributed by atoms with van der Waals surface area (Å²) in [5.74, 6) is -0.205. The SMILES string of the molecule is Cc1sc(-c2ccno2)cc1-c1ccc(NC(=O)c2ccncc2F)nc1. The van der Waals surface area contributed by atoms with Crippen LogP contribution in [0.15, 0.2) is 59.6 Å². The summed E-state index contributed by atoms with van der Waals surface area (Å²) < 4.78 is 18.8. The topological polar surface area (TPSA) is 80.9 Å². The van der Waals surface area contributed by atoms with E-state index in [1.165, 1.54) is 12.3 Å². The summed E-state index contributed by atoms with van der Waals surface area (Å²) in [6.07, 6.45) is 5.63. The Morgan fingerprint density at radius 3 is 2.78 bits per heavy atom. The average Bonchev–Trinajstić information content (AvgIpc) is 3.32. The van der Waals surface area contributed by atoms with Crippen molar-refractivity contribution in [1.82, 2.24) is 15.1 Å². The molecule has 0 saturated heterocycles. The zero-order valence-corrected chi connectivity index (χ0v) is 15.0. The first-order chi connectivity index (χ1) is 13.1. The number of nitrogens with one attached hydrogen (secondary N) is 1. The van der Waals surface area contributed by atoms with Gasteiger partial charge in [0.15, 0.2) is 11.6 Å². The number of aromatic nitrogens is 3. The minimum Gasteiger partial charge on any atom is -0.355 e. The summed E-state index contributed by atoms with van der Waals surface area (Å²) in [6.45, 7) is 2.02. The molecule has 0 spiro atoms. The molecule has 0 unspecified atom stereocenters. The van der Waals surface area contributed by atoms with Crippen molar-refractivity contribution in [3.63, 3.8) is 0 Å². The van der Waals surface area contributed by atoms with Gasteiger partial charge in [0.1, 0.15) is 5.82 Å². The van der Waals surface area contributed by atoms with E-state index in [0.717, 1.165) is 27.1 Å². The summed E-state index contributed by atoms with van der Waals surface area (Å²) in [6, 6.07) is 8.67. The highest BCUT2D eigenvalue weighted by Gasteiger charge is 2.14. The lowest BCUT2D eigenvalue weighted by atomic mass is 10.1. The maximum Gasteiger partial charge on any atom is 0.259 e. The van der Waals surface area contributed by atoms with Gasteiger partial charge in [-0.25, -0.2) is 9.37 Å².